The lowest BCUT2D eigenvalue weighted by atomic mass is 9.87. The predicted octanol–water partition coefficient (Wildman–Crippen LogP) is 2.18. The van der Waals surface area contributed by atoms with Crippen LogP contribution in [0.4, 0.5) is 0 Å². The van der Waals surface area contributed by atoms with E-state index in [0.717, 1.165) is 11.1 Å². The van der Waals surface area contributed by atoms with Gasteiger partial charge in [0.2, 0.25) is 11.8 Å². The molecule has 1 aliphatic heterocycles. The molecular weight excluding hydrogens is 292 g/mol. The first-order valence-corrected chi connectivity index (χ1v) is 7.54. The van der Waals surface area contributed by atoms with E-state index in [1.807, 2.05) is 48.5 Å². The Morgan fingerprint density at radius 3 is 2.00 bits per heavy atom. The van der Waals surface area contributed by atoms with Crippen LogP contribution in [0.25, 0.3) is 0 Å². The highest BCUT2D eigenvalue weighted by atomic mass is 16.5. The lowest BCUT2D eigenvalue weighted by Crippen LogP contribution is -2.37. The molecule has 0 aliphatic carbocycles. The summed E-state index contributed by atoms with van der Waals surface area (Å²) in [6.45, 7) is 2.25. The molecule has 0 saturated carbocycles. The van der Waals surface area contributed by atoms with E-state index in [1.54, 1.807) is 0 Å². The standard InChI is InChI=1S/C18H18N2O3/c1-12(21)19-10-11-20-18(22)17-13-6-2-4-8-15(13)23-16-9-5-3-7-14(16)17/h2-9,17H,10-11H2,1H3,(H,19,21)(H,20,22). The number of amides is 2. The molecule has 0 unspecified atom stereocenters. The summed E-state index contributed by atoms with van der Waals surface area (Å²) in [6, 6.07) is 15.1. The Labute approximate surface area is 134 Å². The molecule has 1 aliphatic rings. The molecule has 2 N–H and O–H groups in total. The molecule has 0 fully saturated rings. The summed E-state index contributed by atoms with van der Waals surface area (Å²) in [4.78, 5) is 23.6. The van der Waals surface area contributed by atoms with Gasteiger partial charge in [-0.3, -0.25) is 9.59 Å². The van der Waals surface area contributed by atoms with Gasteiger partial charge >= 0.3 is 0 Å². The van der Waals surface area contributed by atoms with Crippen molar-refractivity contribution in [2.24, 2.45) is 0 Å². The summed E-state index contributed by atoms with van der Waals surface area (Å²) in [7, 11) is 0. The summed E-state index contributed by atoms with van der Waals surface area (Å²) in [5, 5.41) is 5.54. The van der Waals surface area contributed by atoms with E-state index in [0.29, 0.717) is 24.6 Å². The van der Waals surface area contributed by atoms with Crippen molar-refractivity contribution in [3.63, 3.8) is 0 Å². The van der Waals surface area contributed by atoms with E-state index in [1.165, 1.54) is 6.92 Å². The molecule has 0 radical (unpaired) electrons. The summed E-state index contributed by atoms with van der Waals surface area (Å²) < 4.78 is 5.88. The number of rotatable bonds is 4. The van der Waals surface area contributed by atoms with Gasteiger partial charge in [-0.15, -0.1) is 0 Å². The molecule has 1 heterocycles. The Bertz CT molecular complexity index is 697. The third-order valence-electron chi connectivity index (χ3n) is 3.74. The minimum absolute atomic E-state index is 0.0986. The summed E-state index contributed by atoms with van der Waals surface area (Å²) in [5.74, 6) is 0.787. The Morgan fingerprint density at radius 1 is 0.913 bits per heavy atom. The molecule has 0 saturated heterocycles. The molecule has 0 aromatic heterocycles. The maximum atomic E-state index is 12.7. The highest BCUT2D eigenvalue weighted by molar-refractivity contribution is 5.89. The van der Waals surface area contributed by atoms with E-state index in [4.69, 9.17) is 4.74 Å². The number of nitrogens with one attached hydrogen (secondary N) is 2. The Balaban J connectivity index is 1.83. The summed E-state index contributed by atoms with van der Waals surface area (Å²) in [5.41, 5.74) is 1.70. The normalized spacial score (nSPS) is 12.6. The summed E-state index contributed by atoms with van der Waals surface area (Å²) in [6.07, 6.45) is 0. The first kappa shape index (κ1) is 15.1. The monoisotopic (exact) mass is 310 g/mol. The average Bonchev–Trinajstić information content (AvgIpc) is 2.56. The van der Waals surface area contributed by atoms with E-state index in [9.17, 15) is 9.59 Å². The van der Waals surface area contributed by atoms with E-state index >= 15 is 0 Å². The van der Waals surface area contributed by atoms with Gasteiger partial charge < -0.3 is 15.4 Å². The quantitative estimate of drug-likeness (QED) is 0.851. The van der Waals surface area contributed by atoms with Crippen molar-refractivity contribution >= 4 is 11.8 Å². The smallest absolute Gasteiger partial charge is 0.232 e. The van der Waals surface area contributed by atoms with Gasteiger partial charge in [-0.1, -0.05) is 36.4 Å². The topological polar surface area (TPSA) is 67.4 Å². The van der Waals surface area contributed by atoms with Crippen LogP contribution in [0.2, 0.25) is 0 Å². The van der Waals surface area contributed by atoms with Crippen molar-refractivity contribution in [3.8, 4) is 11.5 Å². The first-order chi connectivity index (χ1) is 11.2. The SMILES string of the molecule is CC(=O)NCCNC(=O)C1c2ccccc2Oc2ccccc21. The number of para-hydroxylation sites is 2. The van der Waals surface area contributed by atoms with Gasteiger partial charge in [0.15, 0.2) is 0 Å². The van der Waals surface area contributed by atoms with Gasteiger partial charge in [-0.05, 0) is 12.1 Å². The molecule has 2 aromatic rings. The third kappa shape index (κ3) is 3.18. The second kappa shape index (κ2) is 6.52. The largest absolute Gasteiger partial charge is 0.457 e. The van der Waals surface area contributed by atoms with Crippen molar-refractivity contribution < 1.29 is 14.3 Å². The van der Waals surface area contributed by atoms with E-state index in [2.05, 4.69) is 10.6 Å². The highest BCUT2D eigenvalue weighted by Crippen LogP contribution is 2.43. The fourth-order valence-corrected chi connectivity index (χ4v) is 2.72. The Hall–Kier alpha value is -2.82. The molecule has 0 bridgehead atoms. The minimum Gasteiger partial charge on any atom is -0.457 e. The van der Waals surface area contributed by atoms with Crippen LogP contribution in [0.3, 0.4) is 0 Å². The van der Waals surface area contributed by atoms with Gasteiger partial charge in [-0.2, -0.15) is 0 Å². The van der Waals surface area contributed by atoms with Crippen LogP contribution in [0.5, 0.6) is 11.5 Å². The lowest BCUT2D eigenvalue weighted by molar-refractivity contribution is -0.122. The molecule has 5 heteroatoms. The van der Waals surface area contributed by atoms with E-state index < -0.39 is 5.92 Å². The zero-order valence-electron chi connectivity index (χ0n) is 12.8. The average molecular weight is 310 g/mol. The fraction of sp³-hybridized carbons (Fsp3) is 0.222. The Morgan fingerprint density at radius 2 is 1.43 bits per heavy atom. The number of fused-ring (bicyclic) bond motifs is 2. The number of hydrogen-bond donors (Lipinski definition) is 2. The van der Waals surface area contributed by atoms with Gasteiger partial charge in [-0.25, -0.2) is 0 Å². The number of carbonyl (C=O) groups excluding carboxylic acids is 2. The maximum Gasteiger partial charge on any atom is 0.232 e. The lowest BCUT2D eigenvalue weighted by Gasteiger charge is -2.27. The van der Waals surface area contributed by atoms with Crippen LogP contribution in [0, 0.1) is 0 Å². The summed E-state index contributed by atoms with van der Waals surface area (Å²) >= 11 is 0. The zero-order chi connectivity index (χ0) is 16.2. The highest BCUT2D eigenvalue weighted by Gasteiger charge is 2.31. The Kier molecular flexibility index (Phi) is 4.28. The number of ether oxygens (including phenoxy) is 1. The molecule has 118 valence electrons. The minimum atomic E-state index is -0.409. The van der Waals surface area contributed by atoms with Gasteiger partial charge in [0.1, 0.15) is 11.5 Å². The van der Waals surface area contributed by atoms with Crippen LogP contribution in [-0.4, -0.2) is 24.9 Å². The molecule has 0 atom stereocenters. The molecule has 2 aromatic carbocycles. The van der Waals surface area contributed by atoms with Gasteiger partial charge in [0, 0.05) is 31.1 Å². The van der Waals surface area contributed by atoms with Crippen molar-refractivity contribution in [1.82, 2.24) is 10.6 Å². The third-order valence-corrected chi connectivity index (χ3v) is 3.74. The van der Waals surface area contributed by atoms with Crippen molar-refractivity contribution in [2.75, 3.05) is 13.1 Å². The molecule has 3 rings (SSSR count). The van der Waals surface area contributed by atoms with Gasteiger partial charge in [0.05, 0.1) is 5.92 Å². The first-order valence-electron chi connectivity index (χ1n) is 7.54. The van der Waals surface area contributed by atoms with Crippen LogP contribution < -0.4 is 15.4 Å². The molecule has 23 heavy (non-hydrogen) atoms. The zero-order valence-corrected chi connectivity index (χ0v) is 12.8. The molecule has 0 spiro atoms. The van der Waals surface area contributed by atoms with E-state index in [-0.39, 0.29) is 11.8 Å². The van der Waals surface area contributed by atoms with Crippen molar-refractivity contribution in [2.45, 2.75) is 12.8 Å². The van der Waals surface area contributed by atoms with Crippen LogP contribution in [0.1, 0.15) is 24.0 Å². The number of carbonyl (C=O) groups is 2. The van der Waals surface area contributed by atoms with Gasteiger partial charge in [0.25, 0.3) is 0 Å². The van der Waals surface area contributed by atoms with Crippen molar-refractivity contribution in [3.05, 3.63) is 59.7 Å². The molecular formula is C18H18N2O3. The van der Waals surface area contributed by atoms with Crippen LogP contribution in [-0.2, 0) is 9.59 Å². The fourth-order valence-electron chi connectivity index (χ4n) is 2.72. The molecule has 2 amide bonds. The van der Waals surface area contributed by atoms with Crippen LogP contribution in [0.15, 0.2) is 48.5 Å². The molecule has 5 nitrogen and oxygen atoms in total. The number of hydrogen-bond acceptors (Lipinski definition) is 3. The predicted molar refractivity (Wildman–Crippen MR) is 86.5 cm³/mol. The number of benzene rings is 2. The van der Waals surface area contributed by atoms with Crippen LogP contribution >= 0.6 is 0 Å². The maximum absolute atomic E-state index is 12.7. The second-order valence-electron chi connectivity index (χ2n) is 5.38. The second-order valence-corrected chi connectivity index (χ2v) is 5.38. The van der Waals surface area contributed by atoms with Crippen molar-refractivity contribution in [1.29, 1.82) is 0 Å².